The fourth-order valence-electron chi connectivity index (χ4n) is 2.31. The van der Waals surface area contributed by atoms with Crippen molar-refractivity contribution in [2.75, 3.05) is 0 Å². The highest BCUT2D eigenvalue weighted by molar-refractivity contribution is 5.76. The van der Waals surface area contributed by atoms with E-state index in [1.807, 2.05) is 0 Å². The van der Waals surface area contributed by atoms with Crippen LogP contribution in [0.3, 0.4) is 0 Å². The first kappa shape index (κ1) is 13.3. The third-order valence-electron chi connectivity index (χ3n) is 3.23. The van der Waals surface area contributed by atoms with E-state index in [0.717, 1.165) is 25.2 Å². The SMILES string of the molecule is CCCCC(=O)N[C@H](C)CC1CC=CCC1. The minimum atomic E-state index is 0.223. The van der Waals surface area contributed by atoms with Gasteiger partial charge in [-0.1, -0.05) is 25.5 Å². The Morgan fingerprint density at radius 2 is 2.31 bits per heavy atom. The molecule has 1 aliphatic carbocycles. The van der Waals surface area contributed by atoms with Crippen molar-refractivity contribution >= 4 is 5.91 Å². The molecule has 0 aliphatic heterocycles. The molecule has 0 heterocycles. The first-order valence-corrected chi connectivity index (χ1v) is 6.66. The van der Waals surface area contributed by atoms with E-state index in [4.69, 9.17) is 0 Å². The molecule has 0 aromatic carbocycles. The average Bonchev–Trinajstić information content (AvgIpc) is 2.27. The summed E-state index contributed by atoms with van der Waals surface area (Å²) >= 11 is 0. The number of amides is 1. The van der Waals surface area contributed by atoms with Crippen molar-refractivity contribution in [3.63, 3.8) is 0 Å². The van der Waals surface area contributed by atoms with Gasteiger partial charge in [-0.15, -0.1) is 0 Å². The van der Waals surface area contributed by atoms with Gasteiger partial charge in [0.15, 0.2) is 0 Å². The van der Waals surface area contributed by atoms with Gasteiger partial charge in [0.1, 0.15) is 0 Å². The maximum absolute atomic E-state index is 11.5. The minimum absolute atomic E-state index is 0.223. The number of rotatable bonds is 6. The molecule has 1 aliphatic rings. The summed E-state index contributed by atoms with van der Waals surface area (Å²) in [4.78, 5) is 11.5. The monoisotopic (exact) mass is 223 g/mol. The Balaban J connectivity index is 2.16. The topological polar surface area (TPSA) is 29.1 Å². The lowest BCUT2D eigenvalue weighted by Gasteiger charge is -2.22. The second-order valence-corrected chi connectivity index (χ2v) is 4.96. The van der Waals surface area contributed by atoms with Crippen LogP contribution in [-0.2, 0) is 4.79 Å². The van der Waals surface area contributed by atoms with E-state index in [2.05, 4.69) is 31.3 Å². The summed E-state index contributed by atoms with van der Waals surface area (Å²) in [5.74, 6) is 0.993. The van der Waals surface area contributed by atoms with Gasteiger partial charge in [-0.2, -0.15) is 0 Å². The largest absolute Gasteiger partial charge is 0.354 e. The third kappa shape index (κ3) is 5.34. The van der Waals surface area contributed by atoms with E-state index in [-0.39, 0.29) is 5.91 Å². The highest BCUT2D eigenvalue weighted by Gasteiger charge is 2.15. The number of unbranched alkanes of at least 4 members (excludes halogenated alkanes) is 1. The molecular formula is C14H25NO. The number of allylic oxidation sites excluding steroid dienone is 2. The Bertz CT molecular complexity index is 235. The van der Waals surface area contributed by atoms with Crippen LogP contribution in [0, 0.1) is 5.92 Å². The van der Waals surface area contributed by atoms with Gasteiger partial charge in [-0.25, -0.2) is 0 Å². The van der Waals surface area contributed by atoms with E-state index in [0.29, 0.717) is 12.5 Å². The lowest BCUT2D eigenvalue weighted by Crippen LogP contribution is -2.34. The molecule has 0 bridgehead atoms. The number of hydrogen-bond donors (Lipinski definition) is 1. The maximum atomic E-state index is 11.5. The van der Waals surface area contributed by atoms with E-state index in [9.17, 15) is 4.79 Å². The van der Waals surface area contributed by atoms with Gasteiger partial charge >= 0.3 is 0 Å². The summed E-state index contributed by atoms with van der Waals surface area (Å²) in [5.41, 5.74) is 0. The van der Waals surface area contributed by atoms with Crippen LogP contribution in [0.1, 0.15) is 58.8 Å². The predicted molar refractivity (Wildman–Crippen MR) is 68.2 cm³/mol. The Morgan fingerprint density at radius 3 is 2.94 bits per heavy atom. The number of carbonyl (C=O) groups is 1. The highest BCUT2D eigenvalue weighted by Crippen LogP contribution is 2.22. The normalized spacial score (nSPS) is 21.8. The molecule has 16 heavy (non-hydrogen) atoms. The molecule has 0 aromatic rings. The predicted octanol–water partition coefficient (Wildman–Crippen LogP) is 3.43. The molecule has 92 valence electrons. The molecule has 0 saturated heterocycles. The molecular weight excluding hydrogens is 198 g/mol. The molecule has 0 spiro atoms. The maximum Gasteiger partial charge on any atom is 0.220 e. The van der Waals surface area contributed by atoms with Gasteiger partial charge in [-0.3, -0.25) is 4.79 Å². The third-order valence-corrected chi connectivity index (χ3v) is 3.23. The van der Waals surface area contributed by atoms with Gasteiger partial charge < -0.3 is 5.32 Å². The van der Waals surface area contributed by atoms with E-state index >= 15 is 0 Å². The minimum Gasteiger partial charge on any atom is -0.354 e. The fraction of sp³-hybridized carbons (Fsp3) is 0.786. The van der Waals surface area contributed by atoms with E-state index in [1.54, 1.807) is 0 Å². The summed E-state index contributed by atoms with van der Waals surface area (Å²) < 4.78 is 0. The number of nitrogens with one attached hydrogen (secondary N) is 1. The highest BCUT2D eigenvalue weighted by atomic mass is 16.1. The van der Waals surface area contributed by atoms with E-state index in [1.165, 1.54) is 19.3 Å². The Morgan fingerprint density at radius 1 is 1.50 bits per heavy atom. The first-order valence-electron chi connectivity index (χ1n) is 6.66. The Kier molecular flexibility index (Phi) is 6.20. The van der Waals surface area contributed by atoms with Crippen molar-refractivity contribution in [2.24, 2.45) is 5.92 Å². The van der Waals surface area contributed by atoms with Gasteiger partial charge in [0, 0.05) is 12.5 Å². The Labute approximate surface area is 99.5 Å². The van der Waals surface area contributed by atoms with Crippen LogP contribution in [0.25, 0.3) is 0 Å². The molecule has 1 rings (SSSR count). The zero-order valence-electron chi connectivity index (χ0n) is 10.7. The quantitative estimate of drug-likeness (QED) is 0.687. The molecule has 0 saturated carbocycles. The van der Waals surface area contributed by atoms with Crippen LogP contribution in [0.4, 0.5) is 0 Å². The zero-order chi connectivity index (χ0) is 11.8. The molecule has 1 unspecified atom stereocenters. The first-order chi connectivity index (χ1) is 7.72. The van der Waals surface area contributed by atoms with Gasteiger partial charge in [0.25, 0.3) is 0 Å². The zero-order valence-corrected chi connectivity index (χ0v) is 10.7. The average molecular weight is 223 g/mol. The van der Waals surface area contributed by atoms with E-state index < -0.39 is 0 Å². The molecule has 2 heteroatoms. The molecule has 1 amide bonds. The summed E-state index contributed by atoms with van der Waals surface area (Å²) in [6.45, 7) is 4.24. The van der Waals surface area contributed by atoms with Crippen molar-refractivity contribution in [3.8, 4) is 0 Å². The summed E-state index contributed by atoms with van der Waals surface area (Å²) in [6.07, 6.45) is 12.1. The molecule has 0 fully saturated rings. The molecule has 0 aromatic heterocycles. The van der Waals surface area contributed by atoms with Crippen molar-refractivity contribution in [1.82, 2.24) is 5.32 Å². The summed E-state index contributed by atoms with van der Waals surface area (Å²) in [5, 5.41) is 3.10. The molecule has 1 N–H and O–H groups in total. The van der Waals surface area contributed by atoms with Crippen molar-refractivity contribution in [1.29, 1.82) is 0 Å². The summed E-state index contributed by atoms with van der Waals surface area (Å²) in [7, 11) is 0. The standard InChI is InChI=1S/C14H25NO/c1-3-4-10-14(16)15-12(2)11-13-8-6-5-7-9-13/h5-6,12-13H,3-4,7-11H2,1-2H3,(H,15,16)/t12-,13?/m1/s1. The lowest BCUT2D eigenvalue weighted by atomic mass is 9.89. The lowest BCUT2D eigenvalue weighted by molar-refractivity contribution is -0.121. The van der Waals surface area contributed by atoms with Crippen LogP contribution < -0.4 is 5.32 Å². The smallest absolute Gasteiger partial charge is 0.220 e. The van der Waals surface area contributed by atoms with Crippen LogP contribution in [0.2, 0.25) is 0 Å². The molecule has 2 atom stereocenters. The number of hydrogen-bond acceptors (Lipinski definition) is 1. The Hall–Kier alpha value is -0.790. The van der Waals surface area contributed by atoms with Crippen molar-refractivity contribution in [2.45, 2.75) is 64.8 Å². The van der Waals surface area contributed by atoms with Gasteiger partial charge in [0.2, 0.25) is 5.91 Å². The van der Waals surface area contributed by atoms with Crippen LogP contribution in [0.15, 0.2) is 12.2 Å². The van der Waals surface area contributed by atoms with Crippen molar-refractivity contribution in [3.05, 3.63) is 12.2 Å². The van der Waals surface area contributed by atoms with Crippen molar-refractivity contribution < 1.29 is 4.79 Å². The van der Waals surface area contributed by atoms with Crippen LogP contribution in [0.5, 0.6) is 0 Å². The van der Waals surface area contributed by atoms with Gasteiger partial charge in [-0.05, 0) is 44.9 Å². The molecule has 2 nitrogen and oxygen atoms in total. The van der Waals surface area contributed by atoms with Crippen LogP contribution >= 0.6 is 0 Å². The summed E-state index contributed by atoms with van der Waals surface area (Å²) in [6, 6.07) is 0.334. The van der Waals surface area contributed by atoms with Gasteiger partial charge in [0.05, 0.1) is 0 Å². The molecule has 0 radical (unpaired) electrons. The van der Waals surface area contributed by atoms with Crippen LogP contribution in [-0.4, -0.2) is 11.9 Å². The second-order valence-electron chi connectivity index (χ2n) is 4.96. The second kappa shape index (κ2) is 7.48. The fourth-order valence-corrected chi connectivity index (χ4v) is 2.31. The number of carbonyl (C=O) groups excluding carboxylic acids is 1.